The van der Waals surface area contributed by atoms with Gasteiger partial charge in [0.1, 0.15) is 11.5 Å². The molecule has 0 unspecified atom stereocenters. The number of anilines is 3. The van der Waals surface area contributed by atoms with Gasteiger partial charge in [-0.3, -0.25) is 4.79 Å². The third-order valence-electron chi connectivity index (χ3n) is 3.55. The summed E-state index contributed by atoms with van der Waals surface area (Å²) in [6.07, 6.45) is 1.67. The molecule has 3 rings (SSSR count). The zero-order chi connectivity index (χ0) is 15.0. The summed E-state index contributed by atoms with van der Waals surface area (Å²) in [4.78, 5) is 13.4. The molecule has 0 bridgehead atoms. The Kier molecular flexibility index (Phi) is 3.21. The lowest BCUT2D eigenvalue weighted by Crippen LogP contribution is -2.26. The summed E-state index contributed by atoms with van der Waals surface area (Å²) in [5.41, 5.74) is 9.27. The highest BCUT2D eigenvalue weighted by Crippen LogP contribution is 2.37. The average molecular weight is 287 g/mol. The van der Waals surface area contributed by atoms with Crippen molar-refractivity contribution in [1.82, 2.24) is 0 Å². The van der Waals surface area contributed by atoms with Crippen LogP contribution in [-0.2, 0) is 11.3 Å². The zero-order valence-electron chi connectivity index (χ0n) is 12.0. The molecule has 0 aliphatic carbocycles. The quantitative estimate of drug-likeness (QED) is 0.845. The highest BCUT2D eigenvalue weighted by atomic mass is 16.5. The first kappa shape index (κ1) is 13.4. The van der Waals surface area contributed by atoms with Crippen molar-refractivity contribution >= 4 is 23.0 Å². The summed E-state index contributed by atoms with van der Waals surface area (Å²) in [5.74, 6) is 1.32. The molecule has 3 N–H and O–H groups in total. The van der Waals surface area contributed by atoms with Gasteiger partial charge in [0, 0.05) is 25.2 Å². The number of ether oxygens (including phenoxy) is 1. The number of hydrogen-bond acceptors (Lipinski definition) is 5. The highest BCUT2D eigenvalue weighted by Gasteiger charge is 2.19. The van der Waals surface area contributed by atoms with Gasteiger partial charge in [0.2, 0.25) is 0 Å². The van der Waals surface area contributed by atoms with Crippen LogP contribution in [0.5, 0.6) is 5.75 Å². The molecular formula is C15H17N3O3. The molecule has 6 nitrogen and oxygen atoms in total. The summed E-state index contributed by atoms with van der Waals surface area (Å²) in [6.45, 7) is 2.61. The number of nitrogens with zero attached hydrogens (tertiary/aromatic N) is 1. The number of fused-ring (bicyclic) bond motifs is 1. The fourth-order valence-electron chi connectivity index (χ4n) is 2.38. The zero-order valence-corrected chi connectivity index (χ0v) is 12.0. The molecule has 2 heterocycles. The average Bonchev–Trinajstić information content (AvgIpc) is 2.84. The standard InChI is InChI=1S/C15H17N3O3/c1-9-10(3-4-20-9)7-18(2)13-6-12-14(5-11(13)16)21-8-15(19)17-12/h3-6H,7-8,16H2,1-2H3,(H,17,19). The van der Waals surface area contributed by atoms with Gasteiger partial charge in [0.15, 0.2) is 6.61 Å². The van der Waals surface area contributed by atoms with Crippen LogP contribution in [0.3, 0.4) is 0 Å². The predicted octanol–water partition coefficient (Wildman–Crippen LogP) is 2.14. The first-order valence-electron chi connectivity index (χ1n) is 6.65. The van der Waals surface area contributed by atoms with E-state index < -0.39 is 0 Å². The molecule has 1 amide bonds. The molecule has 0 fully saturated rings. The highest BCUT2D eigenvalue weighted by molar-refractivity contribution is 5.97. The molecule has 2 aromatic rings. The van der Waals surface area contributed by atoms with Gasteiger partial charge >= 0.3 is 0 Å². The van der Waals surface area contributed by atoms with Gasteiger partial charge in [-0.05, 0) is 19.1 Å². The Bertz CT molecular complexity index is 693. The number of aryl methyl sites for hydroxylation is 1. The number of nitrogen functional groups attached to an aromatic ring is 1. The fraction of sp³-hybridized carbons (Fsp3) is 0.267. The largest absolute Gasteiger partial charge is 0.482 e. The van der Waals surface area contributed by atoms with E-state index in [9.17, 15) is 4.79 Å². The van der Waals surface area contributed by atoms with E-state index in [0.29, 0.717) is 23.7 Å². The lowest BCUT2D eigenvalue weighted by atomic mass is 10.1. The molecule has 1 aliphatic rings. The number of benzene rings is 1. The van der Waals surface area contributed by atoms with Crippen LogP contribution >= 0.6 is 0 Å². The second-order valence-corrected chi connectivity index (χ2v) is 5.10. The Labute approximate surface area is 122 Å². The van der Waals surface area contributed by atoms with Gasteiger partial charge in [0.25, 0.3) is 5.91 Å². The molecule has 0 spiro atoms. The number of amides is 1. The summed E-state index contributed by atoms with van der Waals surface area (Å²) in [5, 5.41) is 2.79. The van der Waals surface area contributed by atoms with Crippen LogP contribution in [0.25, 0.3) is 0 Å². The van der Waals surface area contributed by atoms with Crippen molar-refractivity contribution < 1.29 is 13.9 Å². The molecule has 110 valence electrons. The number of furan rings is 1. The van der Waals surface area contributed by atoms with E-state index in [1.807, 2.05) is 31.0 Å². The first-order chi connectivity index (χ1) is 10.0. The number of nitrogens with two attached hydrogens (primary N) is 1. The lowest BCUT2D eigenvalue weighted by molar-refractivity contribution is -0.118. The topological polar surface area (TPSA) is 80.7 Å². The van der Waals surface area contributed by atoms with Crippen LogP contribution in [-0.4, -0.2) is 19.6 Å². The van der Waals surface area contributed by atoms with Gasteiger partial charge in [-0.1, -0.05) is 0 Å². The molecule has 0 saturated heterocycles. The molecule has 0 saturated carbocycles. The third kappa shape index (κ3) is 2.52. The van der Waals surface area contributed by atoms with Gasteiger partial charge in [-0.15, -0.1) is 0 Å². The second-order valence-electron chi connectivity index (χ2n) is 5.10. The van der Waals surface area contributed by atoms with Crippen molar-refractivity contribution in [3.63, 3.8) is 0 Å². The Morgan fingerprint density at radius 2 is 2.24 bits per heavy atom. The number of carbonyl (C=O) groups excluding carboxylic acids is 1. The Morgan fingerprint density at radius 3 is 2.95 bits per heavy atom. The summed E-state index contributed by atoms with van der Waals surface area (Å²) < 4.78 is 10.7. The van der Waals surface area contributed by atoms with Crippen LogP contribution in [0.1, 0.15) is 11.3 Å². The van der Waals surface area contributed by atoms with Crippen molar-refractivity contribution in [3.05, 3.63) is 35.8 Å². The number of carbonyl (C=O) groups is 1. The molecule has 0 atom stereocenters. The maximum Gasteiger partial charge on any atom is 0.262 e. The monoisotopic (exact) mass is 287 g/mol. The van der Waals surface area contributed by atoms with Crippen molar-refractivity contribution in [2.75, 3.05) is 29.6 Å². The third-order valence-corrected chi connectivity index (χ3v) is 3.55. The van der Waals surface area contributed by atoms with Crippen molar-refractivity contribution in [1.29, 1.82) is 0 Å². The maximum absolute atomic E-state index is 11.4. The SMILES string of the molecule is Cc1occc1CN(C)c1cc2c(cc1N)OCC(=O)N2. The second kappa shape index (κ2) is 5.05. The Balaban J connectivity index is 1.89. The predicted molar refractivity (Wildman–Crippen MR) is 80.5 cm³/mol. The smallest absolute Gasteiger partial charge is 0.262 e. The first-order valence-corrected chi connectivity index (χ1v) is 6.65. The minimum absolute atomic E-state index is 0.0237. The van der Waals surface area contributed by atoms with Gasteiger partial charge in [-0.2, -0.15) is 0 Å². The molecule has 6 heteroatoms. The van der Waals surface area contributed by atoms with Gasteiger partial charge in [0.05, 0.1) is 23.3 Å². The van der Waals surface area contributed by atoms with E-state index in [1.165, 1.54) is 0 Å². The van der Waals surface area contributed by atoms with E-state index in [1.54, 1.807) is 12.3 Å². The Hall–Kier alpha value is -2.63. The van der Waals surface area contributed by atoms with E-state index in [0.717, 1.165) is 17.0 Å². The van der Waals surface area contributed by atoms with Crippen LogP contribution < -0.4 is 20.7 Å². The number of nitrogens with one attached hydrogen (secondary N) is 1. The molecular weight excluding hydrogens is 270 g/mol. The molecule has 1 aromatic carbocycles. The van der Waals surface area contributed by atoms with E-state index in [2.05, 4.69) is 5.32 Å². The van der Waals surface area contributed by atoms with Crippen molar-refractivity contribution in [2.45, 2.75) is 13.5 Å². The maximum atomic E-state index is 11.4. The van der Waals surface area contributed by atoms with E-state index in [-0.39, 0.29) is 12.5 Å². The van der Waals surface area contributed by atoms with E-state index in [4.69, 9.17) is 14.9 Å². The van der Waals surface area contributed by atoms with Crippen LogP contribution in [0, 0.1) is 6.92 Å². The molecule has 21 heavy (non-hydrogen) atoms. The summed E-state index contributed by atoms with van der Waals surface area (Å²) in [7, 11) is 1.94. The molecule has 1 aliphatic heterocycles. The minimum atomic E-state index is -0.161. The normalized spacial score (nSPS) is 13.3. The van der Waals surface area contributed by atoms with Crippen molar-refractivity contribution in [2.24, 2.45) is 0 Å². The summed E-state index contributed by atoms with van der Waals surface area (Å²) in [6, 6.07) is 5.51. The Morgan fingerprint density at radius 1 is 1.43 bits per heavy atom. The van der Waals surface area contributed by atoms with Crippen molar-refractivity contribution in [3.8, 4) is 5.75 Å². The van der Waals surface area contributed by atoms with Gasteiger partial charge in [-0.25, -0.2) is 0 Å². The van der Waals surface area contributed by atoms with E-state index >= 15 is 0 Å². The lowest BCUT2D eigenvalue weighted by Gasteiger charge is -2.25. The van der Waals surface area contributed by atoms with Crippen LogP contribution in [0.4, 0.5) is 17.1 Å². The van der Waals surface area contributed by atoms with Crippen LogP contribution in [0.2, 0.25) is 0 Å². The minimum Gasteiger partial charge on any atom is -0.482 e. The molecule has 0 radical (unpaired) electrons. The van der Waals surface area contributed by atoms with Gasteiger partial charge < -0.3 is 25.1 Å². The number of hydrogen-bond donors (Lipinski definition) is 2. The van der Waals surface area contributed by atoms with Crippen LogP contribution in [0.15, 0.2) is 28.9 Å². The molecule has 1 aromatic heterocycles. The number of rotatable bonds is 3. The summed E-state index contributed by atoms with van der Waals surface area (Å²) >= 11 is 0. The fourth-order valence-corrected chi connectivity index (χ4v) is 2.38.